The van der Waals surface area contributed by atoms with Gasteiger partial charge in [0.1, 0.15) is 15.9 Å². The van der Waals surface area contributed by atoms with Gasteiger partial charge in [0.05, 0.1) is 5.75 Å². The highest BCUT2D eigenvalue weighted by Crippen LogP contribution is 2.16. The molecular formula is C14H26N4O4S. The van der Waals surface area contributed by atoms with Crippen LogP contribution in [-0.2, 0) is 19.4 Å². The fourth-order valence-electron chi connectivity index (χ4n) is 2.80. The third-order valence-electron chi connectivity index (χ3n) is 4.06. The van der Waals surface area contributed by atoms with Crippen molar-refractivity contribution < 1.29 is 17.9 Å². The topological polar surface area (TPSA) is 91.3 Å². The van der Waals surface area contributed by atoms with E-state index in [-0.39, 0.29) is 17.8 Å². The van der Waals surface area contributed by atoms with E-state index in [4.69, 9.17) is 4.74 Å². The van der Waals surface area contributed by atoms with E-state index in [2.05, 4.69) is 10.3 Å². The fourth-order valence-corrected chi connectivity index (χ4v) is 3.27. The largest absolute Gasteiger partial charge is 0.368 e. The lowest BCUT2D eigenvalue weighted by Crippen LogP contribution is -2.55. The number of aliphatic imine (C=N–C) groups is 1. The Balaban J connectivity index is 1.79. The second-order valence-electron chi connectivity index (χ2n) is 5.92. The Hall–Kier alpha value is -1.35. The van der Waals surface area contributed by atoms with Gasteiger partial charge in [0, 0.05) is 52.6 Å². The van der Waals surface area contributed by atoms with Crippen LogP contribution in [0.2, 0.25) is 0 Å². The molecule has 2 aliphatic rings. The van der Waals surface area contributed by atoms with E-state index in [0.29, 0.717) is 45.3 Å². The molecule has 9 heteroatoms. The van der Waals surface area contributed by atoms with E-state index in [1.807, 2.05) is 9.80 Å². The van der Waals surface area contributed by atoms with Gasteiger partial charge in [-0.15, -0.1) is 0 Å². The molecule has 0 aromatic rings. The van der Waals surface area contributed by atoms with Crippen LogP contribution in [-0.4, -0.2) is 94.6 Å². The molecule has 1 atom stereocenters. The predicted octanol–water partition coefficient (Wildman–Crippen LogP) is -1.07. The van der Waals surface area contributed by atoms with Gasteiger partial charge in [0.25, 0.3) is 5.91 Å². The number of nitrogens with one attached hydrogen (secondary N) is 1. The Morgan fingerprint density at radius 3 is 2.43 bits per heavy atom. The number of rotatable bonds is 4. The fraction of sp³-hybridized carbons (Fsp3) is 0.857. The van der Waals surface area contributed by atoms with Gasteiger partial charge in [-0.25, -0.2) is 8.42 Å². The Morgan fingerprint density at radius 1 is 1.26 bits per heavy atom. The van der Waals surface area contributed by atoms with E-state index >= 15 is 0 Å². The van der Waals surface area contributed by atoms with Crippen LogP contribution in [0.15, 0.2) is 4.99 Å². The predicted molar refractivity (Wildman–Crippen MR) is 88.2 cm³/mol. The number of ether oxygens (including phenoxy) is 1. The number of amides is 1. The molecule has 0 saturated carbocycles. The first kappa shape index (κ1) is 18.0. The van der Waals surface area contributed by atoms with Gasteiger partial charge < -0.3 is 19.9 Å². The van der Waals surface area contributed by atoms with Crippen LogP contribution in [0.3, 0.4) is 0 Å². The molecule has 2 aliphatic heterocycles. The molecule has 0 aromatic heterocycles. The van der Waals surface area contributed by atoms with Crippen LogP contribution < -0.4 is 5.32 Å². The summed E-state index contributed by atoms with van der Waals surface area (Å²) in [6.07, 6.45) is 2.71. The molecular weight excluding hydrogens is 320 g/mol. The first-order valence-corrected chi connectivity index (χ1v) is 10.0. The molecule has 132 valence electrons. The summed E-state index contributed by atoms with van der Waals surface area (Å²) in [6, 6.07) is 0. The van der Waals surface area contributed by atoms with Crippen molar-refractivity contribution >= 4 is 21.7 Å². The van der Waals surface area contributed by atoms with Gasteiger partial charge in [-0.1, -0.05) is 0 Å². The number of guanidine groups is 1. The molecule has 1 N–H and O–H groups in total. The smallest absolute Gasteiger partial charge is 0.251 e. The van der Waals surface area contributed by atoms with Gasteiger partial charge in [0.2, 0.25) is 0 Å². The van der Waals surface area contributed by atoms with E-state index in [1.165, 1.54) is 6.26 Å². The highest BCUT2D eigenvalue weighted by molar-refractivity contribution is 7.90. The Kier molecular flexibility index (Phi) is 6.23. The number of nitrogens with zero attached hydrogens (tertiary/aromatic N) is 3. The maximum atomic E-state index is 12.3. The minimum Gasteiger partial charge on any atom is -0.368 e. The minimum atomic E-state index is -2.99. The first-order valence-electron chi connectivity index (χ1n) is 7.94. The summed E-state index contributed by atoms with van der Waals surface area (Å²) in [5.74, 6) is 0.837. The first-order chi connectivity index (χ1) is 10.9. The zero-order valence-corrected chi connectivity index (χ0v) is 14.6. The van der Waals surface area contributed by atoms with E-state index < -0.39 is 9.84 Å². The second kappa shape index (κ2) is 7.96. The van der Waals surface area contributed by atoms with Crippen molar-refractivity contribution in [3.05, 3.63) is 0 Å². The zero-order chi connectivity index (χ0) is 16.9. The molecule has 0 radical (unpaired) electrons. The molecule has 1 amide bonds. The number of carbonyl (C=O) groups is 1. The van der Waals surface area contributed by atoms with Gasteiger partial charge in [-0.3, -0.25) is 9.79 Å². The van der Waals surface area contributed by atoms with E-state index in [9.17, 15) is 13.2 Å². The Labute approximate surface area is 137 Å². The summed E-state index contributed by atoms with van der Waals surface area (Å²) in [4.78, 5) is 20.4. The molecule has 0 bridgehead atoms. The van der Waals surface area contributed by atoms with Crippen molar-refractivity contribution in [2.45, 2.75) is 18.9 Å². The number of carbonyl (C=O) groups excluding carboxylic acids is 1. The van der Waals surface area contributed by atoms with Crippen molar-refractivity contribution in [2.24, 2.45) is 4.99 Å². The molecule has 2 rings (SSSR count). The summed E-state index contributed by atoms with van der Waals surface area (Å²) in [6.45, 7) is 3.62. The molecule has 0 aromatic carbocycles. The van der Waals surface area contributed by atoms with Gasteiger partial charge in [0.15, 0.2) is 5.96 Å². The normalized spacial score (nSPS) is 23.2. The molecule has 8 nitrogen and oxygen atoms in total. The molecule has 23 heavy (non-hydrogen) atoms. The van der Waals surface area contributed by atoms with Crippen LogP contribution in [0, 0.1) is 0 Å². The molecule has 1 unspecified atom stereocenters. The van der Waals surface area contributed by atoms with Crippen molar-refractivity contribution in [1.82, 2.24) is 15.1 Å². The summed E-state index contributed by atoms with van der Waals surface area (Å²) in [5, 5.41) is 3.06. The lowest BCUT2D eigenvalue weighted by molar-refractivity contribution is -0.142. The number of sulfone groups is 1. The molecule has 2 saturated heterocycles. The maximum absolute atomic E-state index is 12.3. The minimum absolute atomic E-state index is 0.0729. The lowest BCUT2D eigenvalue weighted by Gasteiger charge is -2.37. The van der Waals surface area contributed by atoms with Crippen molar-refractivity contribution in [3.63, 3.8) is 0 Å². The Morgan fingerprint density at radius 2 is 1.91 bits per heavy atom. The van der Waals surface area contributed by atoms with Crippen molar-refractivity contribution in [2.75, 3.05) is 58.4 Å². The number of piperazine rings is 1. The van der Waals surface area contributed by atoms with Gasteiger partial charge in [-0.2, -0.15) is 0 Å². The van der Waals surface area contributed by atoms with Crippen molar-refractivity contribution in [1.29, 1.82) is 0 Å². The number of hydrogen-bond acceptors (Lipinski definition) is 5. The quantitative estimate of drug-likeness (QED) is 0.515. The third-order valence-corrected chi connectivity index (χ3v) is 5.01. The molecule has 0 aliphatic carbocycles. The average molecular weight is 346 g/mol. The number of hydrogen-bond donors (Lipinski definition) is 1. The molecule has 2 fully saturated rings. The second-order valence-corrected chi connectivity index (χ2v) is 8.18. The SMILES string of the molecule is CN=C(NCCS(C)(=O)=O)N1CCN(C(=O)C2CCCO2)CC1. The van der Waals surface area contributed by atoms with E-state index in [0.717, 1.165) is 12.8 Å². The summed E-state index contributed by atoms with van der Waals surface area (Å²) < 4.78 is 27.8. The van der Waals surface area contributed by atoms with Crippen LogP contribution in [0.25, 0.3) is 0 Å². The van der Waals surface area contributed by atoms with Gasteiger partial charge in [-0.05, 0) is 12.8 Å². The zero-order valence-electron chi connectivity index (χ0n) is 13.8. The molecule has 0 spiro atoms. The lowest BCUT2D eigenvalue weighted by atomic mass is 10.2. The standard InChI is InChI=1S/C14H26N4O4S/c1-15-14(16-5-11-23(2,20)21)18-8-6-17(7-9-18)13(19)12-4-3-10-22-12/h12H,3-11H2,1-2H3,(H,15,16). The van der Waals surface area contributed by atoms with Crippen LogP contribution in [0.5, 0.6) is 0 Å². The van der Waals surface area contributed by atoms with Crippen LogP contribution in [0.4, 0.5) is 0 Å². The molecule has 2 heterocycles. The summed E-state index contributed by atoms with van der Waals surface area (Å²) in [5.41, 5.74) is 0. The highest BCUT2D eigenvalue weighted by atomic mass is 32.2. The monoisotopic (exact) mass is 346 g/mol. The summed E-state index contributed by atoms with van der Waals surface area (Å²) in [7, 11) is -1.32. The van der Waals surface area contributed by atoms with Gasteiger partial charge >= 0.3 is 0 Å². The summed E-state index contributed by atoms with van der Waals surface area (Å²) >= 11 is 0. The maximum Gasteiger partial charge on any atom is 0.251 e. The van der Waals surface area contributed by atoms with Crippen LogP contribution >= 0.6 is 0 Å². The Bertz CT molecular complexity index is 535. The highest BCUT2D eigenvalue weighted by Gasteiger charge is 2.30. The third kappa shape index (κ3) is 5.35. The van der Waals surface area contributed by atoms with E-state index in [1.54, 1.807) is 7.05 Å². The average Bonchev–Trinajstić information content (AvgIpc) is 3.04. The van der Waals surface area contributed by atoms with Crippen LogP contribution in [0.1, 0.15) is 12.8 Å². The van der Waals surface area contributed by atoms with Crippen molar-refractivity contribution in [3.8, 4) is 0 Å².